The predicted molar refractivity (Wildman–Crippen MR) is 108 cm³/mol. The van der Waals surface area contributed by atoms with Gasteiger partial charge in [0.05, 0.1) is 11.3 Å². The highest BCUT2D eigenvalue weighted by atomic mass is 35.5. The highest BCUT2D eigenvalue weighted by molar-refractivity contribution is 6.30. The molecule has 33 heavy (non-hydrogen) atoms. The molecule has 1 atom stereocenters. The van der Waals surface area contributed by atoms with Gasteiger partial charge < -0.3 is 10.6 Å². The van der Waals surface area contributed by atoms with Crippen LogP contribution < -0.4 is 21.9 Å². The molecular formula is C20H11ClF4N4O4. The van der Waals surface area contributed by atoms with Crippen molar-refractivity contribution >= 4 is 29.2 Å². The molecule has 0 saturated heterocycles. The van der Waals surface area contributed by atoms with E-state index in [0.717, 1.165) is 12.1 Å². The zero-order valence-corrected chi connectivity index (χ0v) is 16.8. The number of benzene rings is 2. The lowest BCUT2D eigenvalue weighted by atomic mass is 9.91. The first-order valence-electron chi connectivity index (χ1n) is 9.08. The van der Waals surface area contributed by atoms with Crippen LogP contribution in [0, 0.1) is 5.82 Å². The Labute approximate surface area is 185 Å². The quantitative estimate of drug-likeness (QED) is 0.498. The number of carbonyl (C=O) groups excluding carboxylic acids is 2. The highest BCUT2D eigenvalue weighted by Gasteiger charge is 2.68. The summed E-state index contributed by atoms with van der Waals surface area (Å²) >= 11 is 5.80. The number of nitrogens with zero attached hydrogens (tertiary/aromatic N) is 1. The Morgan fingerprint density at radius 2 is 1.67 bits per heavy atom. The van der Waals surface area contributed by atoms with Gasteiger partial charge >= 0.3 is 11.9 Å². The molecule has 0 bridgehead atoms. The van der Waals surface area contributed by atoms with Crippen molar-refractivity contribution in [3.63, 3.8) is 0 Å². The van der Waals surface area contributed by atoms with Crippen LogP contribution in [0.25, 0.3) is 5.69 Å². The number of fused-ring (bicyclic) bond motifs is 1. The predicted octanol–water partition coefficient (Wildman–Crippen LogP) is 2.46. The Balaban J connectivity index is 1.98. The molecule has 1 aliphatic heterocycles. The summed E-state index contributed by atoms with van der Waals surface area (Å²) in [4.78, 5) is 52.0. The van der Waals surface area contributed by atoms with Crippen LogP contribution in [0.4, 0.5) is 23.4 Å². The van der Waals surface area contributed by atoms with Crippen molar-refractivity contribution in [2.75, 3.05) is 5.32 Å². The average Bonchev–Trinajstić information content (AvgIpc) is 3.02. The van der Waals surface area contributed by atoms with Gasteiger partial charge in [-0.3, -0.25) is 19.4 Å². The van der Waals surface area contributed by atoms with Gasteiger partial charge in [0.1, 0.15) is 17.2 Å². The molecule has 8 nitrogen and oxygen atoms in total. The van der Waals surface area contributed by atoms with Crippen LogP contribution >= 0.6 is 11.6 Å². The third-order valence-electron chi connectivity index (χ3n) is 4.99. The minimum atomic E-state index is -5.56. The van der Waals surface area contributed by atoms with Crippen molar-refractivity contribution < 1.29 is 27.2 Å². The van der Waals surface area contributed by atoms with Gasteiger partial charge in [-0.2, -0.15) is 13.2 Å². The van der Waals surface area contributed by atoms with Crippen LogP contribution in [-0.4, -0.2) is 27.5 Å². The summed E-state index contributed by atoms with van der Waals surface area (Å²) in [5.74, 6) is -5.40. The zero-order chi connectivity index (χ0) is 24.1. The second-order valence-corrected chi connectivity index (χ2v) is 7.37. The van der Waals surface area contributed by atoms with E-state index >= 15 is 0 Å². The van der Waals surface area contributed by atoms with Gasteiger partial charge in [0.15, 0.2) is 0 Å². The molecule has 0 radical (unpaired) electrons. The molecule has 2 aromatic carbocycles. The maximum absolute atomic E-state index is 14.4. The van der Waals surface area contributed by atoms with E-state index < -0.39 is 57.5 Å². The summed E-state index contributed by atoms with van der Waals surface area (Å²) in [6, 6.07) is 9.33. The van der Waals surface area contributed by atoms with E-state index in [1.165, 1.54) is 41.7 Å². The summed E-state index contributed by atoms with van der Waals surface area (Å²) in [7, 11) is 0. The van der Waals surface area contributed by atoms with Gasteiger partial charge in [-0.1, -0.05) is 23.7 Å². The monoisotopic (exact) mass is 482 g/mol. The molecule has 2 amide bonds. The fourth-order valence-electron chi connectivity index (χ4n) is 3.50. The summed E-state index contributed by atoms with van der Waals surface area (Å²) in [6.45, 7) is 0. The minimum absolute atomic E-state index is 0.0318. The largest absolute Gasteiger partial charge is 0.425 e. The van der Waals surface area contributed by atoms with Crippen LogP contribution in [0.3, 0.4) is 0 Å². The number of alkyl halides is 3. The number of anilines is 1. The summed E-state index contributed by atoms with van der Waals surface area (Å²) in [5, 5.41) is 3.59. The van der Waals surface area contributed by atoms with Gasteiger partial charge in [0, 0.05) is 5.02 Å². The third-order valence-corrected chi connectivity index (χ3v) is 5.24. The van der Waals surface area contributed by atoms with Crippen LogP contribution in [0.1, 0.15) is 15.9 Å². The van der Waals surface area contributed by atoms with E-state index in [1.807, 2.05) is 5.32 Å². The average molecular weight is 483 g/mol. The maximum atomic E-state index is 14.4. The standard InChI is InChI=1S/C20H11ClF4N4O4/c21-9-5-7-10(8-6-9)29-14-13(16(31)27-18(29)33)19(17(32)26-14,20(23,24)25)28-15(30)11-3-1-2-4-12(11)22/h1-8H,(H,26,32)(H,28,30)(H,27,31,33)/t19-/m0/s1. The number of amides is 2. The lowest BCUT2D eigenvalue weighted by molar-refractivity contribution is -0.196. The SMILES string of the molecule is O=C(N[C@]1(C(F)(F)F)C(=O)Nc2c1c(=O)[nH]c(=O)n2-c1ccc(Cl)cc1)c1ccccc1F. The number of nitrogens with one attached hydrogen (secondary N) is 3. The zero-order valence-electron chi connectivity index (χ0n) is 16.1. The lowest BCUT2D eigenvalue weighted by Crippen LogP contribution is -2.62. The van der Waals surface area contributed by atoms with Crippen LogP contribution in [0.2, 0.25) is 5.02 Å². The maximum Gasteiger partial charge on any atom is 0.425 e. The fraction of sp³-hybridized carbons (Fsp3) is 0.100. The van der Waals surface area contributed by atoms with Crippen molar-refractivity contribution in [2.24, 2.45) is 0 Å². The van der Waals surface area contributed by atoms with Crippen LogP contribution in [0.15, 0.2) is 58.1 Å². The smallest absolute Gasteiger partial charge is 0.326 e. The number of rotatable bonds is 3. The molecule has 1 aromatic heterocycles. The Morgan fingerprint density at radius 1 is 1.03 bits per heavy atom. The van der Waals surface area contributed by atoms with Gasteiger partial charge in [-0.05, 0) is 36.4 Å². The Kier molecular flexibility index (Phi) is 5.12. The topological polar surface area (TPSA) is 113 Å². The lowest BCUT2D eigenvalue weighted by Gasteiger charge is -2.30. The van der Waals surface area contributed by atoms with E-state index in [-0.39, 0.29) is 10.7 Å². The molecule has 3 aromatic rings. The van der Waals surface area contributed by atoms with E-state index in [1.54, 1.807) is 4.98 Å². The third kappa shape index (κ3) is 3.39. The molecule has 4 rings (SSSR count). The second kappa shape index (κ2) is 7.59. The Hall–Kier alpha value is -3.93. The highest BCUT2D eigenvalue weighted by Crippen LogP contribution is 2.45. The van der Waals surface area contributed by atoms with Crippen molar-refractivity contribution in [1.29, 1.82) is 0 Å². The van der Waals surface area contributed by atoms with Crippen molar-refractivity contribution in [3.05, 3.63) is 91.3 Å². The molecule has 0 saturated carbocycles. The first-order valence-corrected chi connectivity index (χ1v) is 9.46. The van der Waals surface area contributed by atoms with Gasteiger partial charge in [0.2, 0.25) is 0 Å². The van der Waals surface area contributed by atoms with Crippen LogP contribution in [0.5, 0.6) is 0 Å². The number of aromatic amines is 1. The van der Waals surface area contributed by atoms with E-state index in [2.05, 4.69) is 0 Å². The molecule has 2 heterocycles. The minimum Gasteiger partial charge on any atom is -0.326 e. The van der Waals surface area contributed by atoms with E-state index in [4.69, 9.17) is 11.6 Å². The molecule has 3 N–H and O–H groups in total. The van der Waals surface area contributed by atoms with E-state index in [9.17, 15) is 36.7 Å². The number of hydrogen-bond donors (Lipinski definition) is 3. The second-order valence-electron chi connectivity index (χ2n) is 6.93. The molecular weight excluding hydrogens is 472 g/mol. The van der Waals surface area contributed by atoms with Gasteiger partial charge in [-0.25, -0.2) is 13.8 Å². The number of aromatic nitrogens is 2. The van der Waals surface area contributed by atoms with Gasteiger partial charge in [-0.15, -0.1) is 0 Å². The molecule has 0 aliphatic carbocycles. The molecule has 1 aliphatic rings. The summed E-state index contributed by atoms with van der Waals surface area (Å²) in [6.07, 6.45) is -5.56. The molecule has 0 spiro atoms. The van der Waals surface area contributed by atoms with Gasteiger partial charge in [0.25, 0.3) is 22.9 Å². The fourth-order valence-corrected chi connectivity index (χ4v) is 3.62. The normalized spacial score (nSPS) is 17.4. The van der Waals surface area contributed by atoms with Crippen LogP contribution in [-0.2, 0) is 10.3 Å². The van der Waals surface area contributed by atoms with Crippen molar-refractivity contribution in [1.82, 2.24) is 14.9 Å². The van der Waals surface area contributed by atoms with Crippen molar-refractivity contribution in [2.45, 2.75) is 11.7 Å². The van der Waals surface area contributed by atoms with E-state index in [0.29, 0.717) is 4.57 Å². The first-order chi connectivity index (χ1) is 15.5. The molecule has 170 valence electrons. The first kappa shape index (κ1) is 22.3. The molecule has 0 unspecified atom stereocenters. The number of hydrogen-bond acceptors (Lipinski definition) is 4. The number of halogens is 5. The summed E-state index contributed by atoms with van der Waals surface area (Å²) < 4.78 is 57.7. The van der Waals surface area contributed by atoms with Crippen molar-refractivity contribution in [3.8, 4) is 5.69 Å². The Morgan fingerprint density at radius 3 is 2.27 bits per heavy atom. The molecule has 13 heteroatoms. The summed E-state index contributed by atoms with van der Waals surface area (Å²) in [5.41, 5.74) is -8.72. The number of carbonyl (C=O) groups is 2. The molecule has 0 fully saturated rings. The Bertz CT molecular complexity index is 1420. The number of H-pyrrole nitrogens is 1.